The molecular weight excluding hydrogens is 292 g/mol. The molecule has 21 heavy (non-hydrogen) atoms. The summed E-state index contributed by atoms with van der Waals surface area (Å²) in [6.45, 7) is 0.461. The van der Waals surface area contributed by atoms with Crippen LogP contribution in [0.1, 0.15) is 18.0 Å². The molecule has 3 N–H and O–H groups in total. The van der Waals surface area contributed by atoms with Gasteiger partial charge in [-0.05, 0) is 6.07 Å². The van der Waals surface area contributed by atoms with E-state index in [1.165, 1.54) is 12.4 Å². The van der Waals surface area contributed by atoms with Crippen molar-refractivity contribution in [1.29, 1.82) is 0 Å². The van der Waals surface area contributed by atoms with Crippen molar-refractivity contribution in [2.75, 3.05) is 12.3 Å². The lowest BCUT2D eigenvalue weighted by Crippen LogP contribution is -2.32. The molecule has 2 heterocycles. The molecule has 1 unspecified atom stereocenters. The third-order valence-corrected chi connectivity index (χ3v) is 4.64. The summed E-state index contributed by atoms with van der Waals surface area (Å²) in [7, 11) is -3.71. The van der Waals surface area contributed by atoms with Crippen LogP contribution in [0.4, 0.5) is 5.95 Å². The largest absolute Gasteiger partial charge is 0.493 e. The molecule has 0 spiro atoms. The zero-order valence-corrected chi connectivity index (χ0v) is 11.9. The maximum Gasteiger partial charge on any atom is 0.244 e. The van der Waals surface area contributed by atoms with Gasteiger partial charge in [0.25, 0.3) is 0 Å². The highest BCUT2D eigenvalue weighted by molar-refractivity contribution is 7.89. The van der Waals surface area contributed by atoms with Crippen LogP contribution in [-0.4, -0.2) is 25.0 Å². The summed E-state index contributed by atoms with van der Waals surface area (Å²) in [6, 6.07) is 7.03. The Balaban J connectivity index is 1.88. The van der Waals surface area contributed by atoms with Crippen molar-refractivity contribution < 1.29 is 13.2 Å². The second kappa shape index (κ2) is 5.30. The number of nitrogens with one attached hydrogen (secondary N) is 1. The van der Waals surface area contributed by atoms with Gasteiger partial charge < -0.3 is 10.5 Å². The van der Waals surface area contributed by atoms with E-state index in [1.807, 2.05) is 24.3 Å². The summed E-state index contributed by atoms with van der Waals surface area (Å²) in [4.78, 5) is 7.40. The van der Waals surface area contributed by atoms with Gasteiger partial charge >= 0.3 is 0 Å². The van der Waals surface area contributed by atoms with Crippen LogP contribution in [0.2, 0.25) is 0 Å². The highest BCUT2D eigenvalue weighted by Crippen LogP contribution is 2.32. The van der Waals surface area contributed by atoms with Gasteiger partial charge in [0.2, 0.25) is 16.0 Å². The summed E-state index contributed by atoms with van der Waals surface area (Å²) in [5, 5.41) is 0. The van der Waals surface area contributed by atoms with Crippen LogP contribution in [-0.2, 0) is 10.0 Å². The first-order valence-electron chi connectivity index (χ1n) is 6.38. The third kappa shape index (κ3) is 2.81. The Morgan fingerprint density at radius 2 is 1.95 bits per heavy atom. The molecule has 0 fully saturated rings. The molecule has 0 amide bonds. The minimum Gasteiger partial charge on any atom is -0.493 e. The fourth-order valence-electron chi connectivity index (χ4n) is 2.18. The van der Waals surface area contributed by atoms with Gasteiger partial charge in [-0.1, -0.05) is 18.2 Å². The minimum atomic E-state index is -3.71. The standard InChI is InChI=1S/C13H14N4O3S/c14-13-15-7-9(8-16-13)21(18,19)17-11-5-6-20-12-4-2-1-3-10(11)12/h1-4,7-8,11,17H,5-6H2,(H2,14,15,16). The topological polar surface area (TPSA) is 107 Å². The van der Waals surface area contributed by atoms with Crippen molar-refractivity contribution in [2.45, 2.75) is 17.4 Å². The van der Waals surface area contributed by atoms with Gasteiger partial charge in [0.1, 0.15) is 10.6 Å². The lowest BCUT2D eigenvalue weighted by molar-refractivity contribution is 0.263. The van der Waals surface area contributed by atoms with Crippen LogP contribution in [0.25, 0.3) is 0 Å². The maximum absolute atomic E-state index is 12.3. The van der Waals surface area contributed by atoms with E-state index < -0.39 is 10.0 Å². The number of nitrogens with two attached hydrogens (primary N) is 1. The Labute approximate surface area is 122 Å². The quantitative estimate of drug-likeness (QED) is 0.871. The van der Waals surface area contributed by atoms with Gasteiger partial charge in [-0.15, -0.1) is 0 Å². The van der Waals surface area contributed by atoms with Crippen molar-refractivity contribution in [2.24, 2.45) is 0 Å². The molecule has 1 aliphatic rings. The second-order valence-electron chi connectivity index (χ2n) is 4.63. The van der Waals surface area contributed by atoms with Crippen LogP contribution in [0.3, 0.4) is 0 Å². The minimum absolute atomic E-state index is 0.0133. The normalized spacial score (nSPS) is 17.8. The zero-order valence-electron chi connectivity index (χ0n) is 11.1. The molecule has 1 aliphatic heterocycles. The first-order valence-corrected chi connectivity index (χ1v) is 7.86. The van der Waals surface area contributed by atoms with Crippen molar-refractivity contribution in [3.05, 3.63) is 42.2 Å². The molecule has 3 rings (SSSR count). The SMILES string of the molecule is Nc1ncc(S(=O)(=O)NC2CCOc3ccccc32)cn1. The first kappa shape index (κ1) is 13.8. The van der Waals surface area contributed by atoms with Crippen LogP contribution in [0.5, 0.6) is 5.75 Å². The summed E-state index contributed by atoms with van der Waals surface area (Å²) in [5.74, 6) is 0.732. The number of benzene rings is 1. The van der Waals surface area contributed by atoms with Crippen molar-refractivity contribution in [3.8, 4) is 5.75 Å². The van der Waals surface area contributed by atoms with Crippen LogP contribution in [0, 0.1) is 0 Å². The fourth-order valence-corrected chi connectivity index (χ4v) is 3.32. The average molecular weight is 306 g/mol. The smallest absolute Gasteiger partial charge is 0.244 e. The van der Waals surface area contributed by atoms with Gasteiger partial charge in [0.05, 0.1) is 25.0 Å². The molecule has 8 heteroatoms. The summed E-state index contributed by atoms with van der Waals surface area (Å²) in [6.07, 6.45) is 2.94. The molecule has 0 saturated heterocycles. The van der Waals surface area contributed by atoms with E-state index in [1.54, 1.807) is 0 Å². The van der Waals surface area contributed by atoms with Gasteiger partial charge in [-0.25, -0.2) is 23.1 Å². The number of para-hydroxylation sites is 1. The number of sulfonamides is 1. The number of fused-ring (bicyclic) bond motifs is 1. The van der Waals surface area contributed by atoms with E-state index in [9.17, 15) is 8.42 Å². The van der Waals surface area contributed by atoms with E-state index in [-0.39, 0.29) is 16.9 Å². The monoisotopic (exact) mass is 306 g/mol. The second-order valence-corrected chi connectivity index (χ2v) is 6.34. The van der Waals surface area contributed by atoms with Gasteiger partial charge in [-0.3, -0.25) is 0 Å². The number of hydrogen-bond donors (Lipinski definition) is 2. The number of ether oxygens (including phenoxy) is 1. The molecular formula is C13H14N4O3S. The molecule has 1 aromatic carbocycles. The first-order chi connectivity index (χ1) is 10.1. The lowest BCUT2D eigenvalue weighted by Gasteiger charge is -2.26. The highest BCUT2D eigenvalue weighted by atomic mass is 32.2. The number of nitrogens with zero attached hydrogens (tertiary/aromatic N) is 2. The summed E-state index contributed by atoms with van der Waals surface area (Å²) in [5.41, 5.74) is 6.19. The maximum atomic E-state index is 12.3. The van der Waals surface area contributed by atoms with Crippen LogP contribution in [0.15, 0.2) is 41.6 Å². The van der Waals surface area contributed by atoms with Crippen LogP contribution >= 0.6 is 0 Å². The number of hydrogen-bond acceptors (Lipinski definition) is 6. The molecule has 7 nitrogen and oxygen atoms in total. The van der Waals surface area contributed by atoms with Gasteiger partial charge in [0.15, 0.2) is 0 Å². The highest BCUT2D eigenvalue weighted by Gasteiger charge is 2.26. The van der Waals surface area contributed by atoms with E-state index in [2.05, 4.69) is 14.7 Å². The Morgan fingerprint density at radius 3 is 2.71 bits per heavy atom. The molecule has 110 valence electrons. The predicted molar refractivity (Wildman–Crippen MR) is 76.1 cm³/mol. The van der Waals surface area contributed by atoms with Crippen molar-refractivity contribution in [3.63, 3.8) is 0 Å². The van der Waals surface area contributed by atoms with Gasteiger partial charge in [0, 0.05) is 12.0 Å². The molecule has 2 aromatic rings. The fraction of sp³-hybridized carbons (Fsp3) is 0.231. The van der Waals surface area contributed by atoms with Gasteiger partial charge in [-0.2, -0.15) is 0 Å². The van der Waals surface area contributed by atoms with Crippen molar-refractivity contribution in [1.82, 2.24) is 14.7 Å². The third-order valence-electron chi connectivity index (χ3n) is 3.21. The number of aromatic nitrogens is 2. The Morgan fingerprint density at radius 1 is 1.24 bits per heavy atom. The Kier molecular flexibility index (Phi) is 3.48. The van der Waals surface area contributed by atoms with E-state index >= 15 is 0 Å². The summed E-state index contributed by atoms with van der Waals surface area (Å²) < 4.78 is 32.9. The molecule has 1 aromatic heterocycles. The Hall–Kier alpha value is -2.19. The number of anilines is 1. The molecule has 0 radical (unpaired) electrons. The lowest BCUT2D eigenvalue weighted by atomic mass is 10.0. The molecule has 0 bridgehead atoms. The molecule has 0 saturated carbocycles. The number of nitrogen functional groups attached to an aromatic ring is 1. The van der Waals surface area contributed by atoms with Crippen LogP contribution < -0.4 is 15.2 Å². The zero-order chi connectivity index (χ0) is 14.9. The van der Waals surface area contributed by atoms with E-state index in [0.29, 0.717) is 18.8 Å². The average Bonchev–Trinajstić information content (AvgIpc) is 2.48. The van der Waals surface area contributed by atoms with E-state index in [0.717, 1.165) is 5.56 Å². The predicted octanol–water partition coefficient (Wildman–Crippen LogP) is 0.861. The molecule has 0 aliphatic carbocycles. The van der Waals surface area contributed by atoms with Crippen molar-refractivity contribution >= 4 is 16.0 Å². The molecule has 1 atom stereocenters. The number of rotatable bonds is 3. The Bertz CT molecular complexity index is 746. The van der Waals surface area contributed by atoms with E-state index in [4.69, 9.17) is 10.5 Å². The summed E-state index contributed by atoms with van der Waals surface area (Å²) >= 11 is 0.